The van der Waals surface area contributed by atoms with Crippen LogP contribution in [-0.4, -0.2) is 13.7 Å². The minimum Gasteiger partial charge on any atom is -0.385 e. The van der Waals surface area contributed by atoms with E-state index in [4.69, 9.17) is 11.5 Å². The molecule has 72 heavy (non-hydrogen) atoms. The molecule has 5 heteroatoms. The maximum atomic E-state index is 8.12. The third-order valence-electron chi connectivity index (χ3n) is 17.4. The lowest BCUT2D eigenvalue weighted by molar-refractivity contribution is 0.661. The Morgan fingerprint density at radius 1 is 0.319 bits per heavy atom. The second-order valence-electron chi connectivity index (χ2n) is 22.2. The molecule has 5 nitrogen and oxygen atoms in total. The summed E-state index contributed by atoms with van der Waals surface area (Å²) in [4.78, 5) is 0. The number of para-hydroxylation sites is 3. The molecule has 3 aliphatic carbocycles. The molecule has 3 aliphatic rings. The van der Waals surface area contributed by atoms with Gasteiger partial charge in [-0.1, -0.05) is 169 Å². The topological polar surface area (TPSA) is 66.8 Å². The van der Waals surface area contributed by atoms with Crippen molar-refractivity contribution in [1.82, 2.24) is 13.7 Å². The summed E-state index contributed by atoms with van der Waals surface area (Å²) in [5.74, 6) is 1.16. The van der Waals surface area contributed by atoms with Crippen LogP contribution in [0.15, 0.2) is 188 Å². The van der Waals surface area contributed by atoms with E-state index in [1.165, 1.54) is 77.5 Å². The number of nitrogens with zero attached hydrogens (tertiary/aromatic N) is 3. The van der Waals surface area contributed by atoms with Gasteiger partial charge in [0.15, 0.2) is 0 Å². The molecule has 15 rings (SSSR count). The highest BCUT2D eigenvalue weighted by Crippen LogP contribution is 2.54. The molecule has 0 radical (unpaired) electrons. The molecule has 0 amide bonds. The Morgan fingerprint density at radius 3 is 1.06 bits per heavy atom. The van der Waals surface area contributed by atoms with Crippen molar-refractivity contribution in [2.24, 2.45) is 11.5 Å². The molecule has 0 aliphatic heterocycles. The molecule has 12 aromatic rings. The number of allylic oxidation sites excluding steroid dienone is 2. The van der Waals surface area contributed by atoms with Crippen LogP contribution in [0.2, 0.25) is 0 Å². The van der Waals surface area contributed by atoms with Crippen LogP contribution in [-0.2, 0) is 16.2 Å². The Hall–Kier alpha value is -8.54. The highest BCUT2D eigenvalue weighted by atomic mass is 15.1. The average molecular weight is 928 g/mol. The van der Waals surface area contributed by atoms with Crippen molar-refractivity contribution >= 4 is 82.8 Å². The molecule has 3 aromatic heterocycles. The fourth-order valence-corrected chi connectivity index (χ4v) is 13.9. The molecule has 0 atom stereocenters. The van der Waals surface area contributed by atoms with Gasteiger partial charge in [0.05, 0.1) is 38.8 Å². The van der Waals surface area contributed by atoms with Gasteiger partial charge in [0.2, 0.25) is 0 Å². The Balaban J connectivity index is 1.07. The Kier molecular flexibility index (Phi) is 7.94. The van der Waals surface area contributed by atoms with Crippen molar-refractivity contribution in [3.63, 3.8) is 0 Å². The molecule has 0 saturated heterocycles. The van der Waals surface area contributed by atoms with Gasteiger partial charge in [-0.3, -0.25) is 9.13 Å². The summed E-state index contributed by atoms with van der Waals surface area (Å²) >= 11 is 0. The maximum Gasteiger partial charge on any atom is 0.133 e. The van der Waals surface area contributed by atoms with Crippen LogP contribution in [0, 0.1) is 0 Å². The largest absolute Gasteiger partial charge is 0.385 e. The molecule has 0 spiro atoms. The highest BCUT2D eigenvalue weighted by molar-refractivity contribution is 6.17. The van der Waals surface area contributed by atoms with Gasteiger partial charge in [0.1, 0.15) is 11.6 Å². The van der Waals surface area contributed by atoms with Crippen molar-refractivity contribution in [3.8, 4) is 33.4 Å². The van der Waals surface area contributed by atoms with E-state index in [-0.39, 0.29) is 16.2 Å². The first-order valence-corrected chi connectivity index (χ1v) is 25.3. The quantitative estimate of drug-likeness (QED) is 0.173. The summed E-state index contributed by atoms with van der Waals surface area (Å²) < 4.78 is 6.96. The number of hydrogen-bond donors (Lipinski definition) is 2. The molecule has 3 heterocycles. The molecule has 346 valence electrons. The zero-order chi connectivity index (χ0) is 48.7. The van der Waals surface area contributed by atoms with E-state index in [0.717, 1.165) is 60.3 Å². The predicted octanol–water partition coefficient (Wildman–Crippen LogP) is 16.1. The number of rotatable bonds is 4. The summed E-state index contributed by atoms with van der Waals surface area (Å²) in [5, 5.41) is 6.96. The van der Waals surface area contributed by atoms with Crippen LogP contribution < -0.4 is 11.5 Å². The van der Waals surface area contributed by atoms with Crippen molar-refractivity contribution < 1.29 is 0 Å². The first-order chi connectivity index (χ1) is 34.8. The van der Waals surface area contributed by atoms with Crippen LogP contribution in [0.1, 0.15) is 74.9 Å². The van der Waals surface area contributed by atoms with E-state index in [1.807, 2.05) is 0 Å². The van der Waals surface area contributed by atoms with Gasteiger partial charge in [-0.05, 0) is 121 Å². The third-order valence-corrected chi connectivity index (χ3v) is 17.4. The van der Waals surface area contributed by atoms with Crippen LogP contribution in [0.3, 0.4) is 0 Å². The summed E-state index contributed by atoms with van der Waals surface area (Å²) in [6.45, 7) is 14.1. The summed E-state index contributed by atoms with van der Waals surface area (Å²) in [5.41, 5.74) is 38.1. The molecule has 0 bridgehead atoms. The number of nitrogens with two attached hydrogens (primary N) is 2. The van der Waals surface area contributed by atoms with Crippen LogP contribution in [0.5, 0.6) is 0 Å². The van der Waals surface area contributed by atoms with Crippen molar-refractivity contribution in [2.75, 3.05) is 0 Å². The first-order valence-electron chi connectivity index (χ1n) is 25.3. The van der Waals surface area contributed by atoms with Gasteiger partial charge in [0, 0.05) is 54.6 Å². The Morgan fingerprint density at radius 2 is 0.639 bits per heavy atom. The fraction of sp³-hybridized carbons (Fsp3) is 0.134. The first kappa shape index (κ1) is 41.3. The number of fused-ring (bicyclic) bond motifs is 18. The second-order valence-corrected chi connectivity index (χ2v) is 22.2. The monoisotopic (exact) mass is 927 g/mol. The lowest BCUT2D eigenvalue weighted by Crippen LogP contribution is -2.17. The van der Waals surface area contributed by atoms with E-state index in [2.05, 4.69) is 243 Å². The smallest absolute Gasteiger partial charge is 0.133 e. The van der Waals surface area contributed by atoms with Crippen LogP contribution in [0.25, 0.3) is 116 Å². The molecule has 0 fully saturated rings. The molecule has 9 aromatic carbocycles. The van der Waals surface area contributed by atoms with Gasteiger partial charge >= 0.3 is 0 Å². The van der Waals surface area contributed by atoms with E-state index in [1.54, 1.807) is 0 Å². The van der Waals surface area contributed by atoms with Gasteiger partial charge in [0.25, 0.3) is 0 Å². The SMILES string of the molecule is CC1(C)c2ccccc2-c2cc3c4ccccc4n(/C(N)=C(/C=C(\N)n4c5ccccc5c5cc6c(cc54)C(C)(C)c4ccccc4-6)n4c5ccccc5c5cc6c(cc54)C(C)(C)c4ccccc4-6)c3cc21. The fourth-order valence-electron chi connectivity index (χ4n) is 13.9. The summed E-state index contributed by atoms with van der Waals surface area (Å²) in [6.07, 6.45) is 2.15. The van der Waals surface area contributed by atoms with Gasteiger partial charge < -0.3 is 16.0 Å². The van der Waals surface area contributed by atoms with Crippen LogP contribution in [0.4, 0.5) is 0 Å². The third kappa shape index (κ3) is 5.12. The Bertz CT molecular complexity index is 4500. The standard InChI is InChI=1S/C67H53N5/c1-65(2)50-25-13-7-19-38(50)44-31-47-41-22-10-16-28-56(41)70(59(47)34-53(44)65)62(64(69)72-58-30-18-12-24-43(58)49-33-46-40-21-9-15-27-52(40)67(5,6)55(46)36-61(49)72)37-63(68)71-57-29-17-11-23-42(57)48-32-45-39-20-8-14-26-51(39)66(3,4)54(45)35-60(48)71/h7-37H,68-69H2,1-6H3/b63-37+,64-62-. The highest BCUT2D eigenvalue weighted by Gasteiger charge is 2.39. The lowest BCUT2D eigenvalue weighted by Gasteiger charge is -2.23. The predicted molar refractivity (Wildman–Crippen MR) is 303 cm³/mol. The zero-order valence-corrected chi connectivity index (χ0v) is 41.4. The van der Waals surface area contributed by atoms with Crippen molar-refractivity contribution in [2.45, 2.75) is 57.8 Å². The lowest BCUT2D eigenvalue weighted by atomic mass is 9.82. The number of aromatic nitrogens is 3. The van der Waals surface area contributed by atoms with Crippen LogP contribution >= 0.6 is 0 Å². The second kappa shape index (κ2) is 13.9. The minimum atomic E-state index is -0.222. The average Bonchev–Trinajstić information content (AvgIpc) is 4.17. The van der Waals surface area contributed by atoms with Gasteiger partial charge in [-0.15, -0.1) is 0 Å². The van der Waals surface area contributed by atoms with E-state index >= 15 is 0 Å². The molecular formula is C67H53N5. The molecule has 0 saturated carbocycles. The molecular weight excluding hydrogens is 875 g/mol. The number of hydrogen-bond acceptors (Lipinski definition) is 2. The minimum absolute atomic E-state index is 0.196. The summed E-state index contributed by atoms with van der Waals surface area (Å²) in [6, 6.07) is 67.3. The van der Waals surface area contributed by atoms with Crippen molar-refractivity contribution in [3.05, 3.63) is 221 Å². The molecule has 0 unspecified atom stereocenters. The van der Waals surface area contributed by atoms with Gasteiger partial charge in [-0.2, -0.15) is 0 Å². The molecule has 4 N–H and O–H groups in total. The summed E-state index contributed by atoms with van der Waals surface area (Å²) in [7, 11) is 0. The van der Waals surface area contributed by atoms with E-state index in [9.17, 15) is 0 Å². The maximum absolute atomic E-state index is 8.12. The van der Waals surface area contributed by atoms with E-state index < -0.39 is 0 Å². The zero-order valence-electron chi connectivity index (χ0n) is 41.4. The number of benzene rings is 9. The Labute approximate surface area is 418 Å². The van der Waals surface area contributed by atoms with Crippen molar-refractivity contribution in [1.29, 1.82) is 0 Å². The van der Waals surface area contributed by atoms with Gasteiger partial charge in [-0.25, -0.2) is 0 Å². The normalized spacial score (nSPS) is 16.1. The van der Waals surface area contributed by atoms with E-state index in [0.29, 0.717) is 11.6 Å².